The maximum atomic E-state index is 12.3. The number of ether oxygens (including phenoxy) is 1. The molecule has 1 aliphatic rings. The number of nitrogens with two attached hydrogens (primary N) is 1. The molecule has 1 amide bonds. The van der Waals surface area contributed by atoms with Crippen LogP contribution in [0.5, 0.6) is 0 Å². The number of carbonyl (C=O) groups is 1. The van der Waals surface area contributed by atoms with Gasteiger partial charge in [-0.2, -0.15) is 0 Å². The van der Waals surface area contributed by atoms with E-state index in [9.17, 15) is 4.79 Å². The maximum Gasteiger partial charge on any atom is 0.410 e. The highest BCUT2D eigenvalue weighted by molar-refractivity contribution is 5.68. The molecule has 0 spiro atoms. The number of hydrogen-bond acceptors (Lipinski definition) is 3. The summed E-state index contributed by atoms with van der Waals surface area (Å²) in [6, 6.07) is 6.61. The number of rotatable bonds is 2. The normalized spacial score (nSPS) is 22.1. The molecule has 1 aromatic carbocycles. The van der Waals surface area contributed by atoms with Crippen LogP contribution in [0.4, 0.5) is 4.79 Å². The zero-order valence-electron chi connectivity index (χ0n) is 15.1. The van der Waals surface area contributed by atoms with Crippen molar-refractivity contribution in [3.05, 3.63) is 34.9 Å². The fraction of sp³-hybridized carbons (Fsp3) is 0.632. The predicted molar refractivity (Wildman–Crippen MR) is 93.5 cm³/mol. The topological polar surface area (TPSA) is 55.6 Å². The van der Waals surface area contributed by atoms with E-state index in [1.165, 1.54) is 16.7 Å². The molecule has 2 atom stereocenters. The van der Waals surface area contributed by atoms with Crippen molar-refractivity contribution in [2.45, 2.75) is 59.1 Å². The van der Waals surface area contributed by atoms with Gasteiger partial charge in [-0.25, -0.2) is 4.79 Å². The summed E-state index contributed by atoms with van der Waals surface area (Å²) >= 11 is 0. The molecule has 0 aliphatic carbocycles. The van der Waals surface area contributed by atoms with Crippen LogP contribution in [0, 0.1) is 19.8 Å². The Morgan fingerprint density at radius 2 is 1.96 bits per heavy atom. The number of benzene rings is 1. The molecule has 0 radical (unpaired) electrons. The molecule has 1 heterocycles. The van der Waals surface area contributed by atoms with Crippen LogP contribution in [0.3, 0.4) is 0 Å². The van der Waals surface area contributed by atoms with Gasteiger partial charge in [0.2, 0.25) is 0 Å². The molecule has 0 bridgehead atoms. The van der Waals surface area contributed by atoms with Crippen LogP contribution in [0.2, 0.25) is 0 Å². The van der Waals surface area contributed by atoms with Crippen LogP contribution in [-0.4, -0.2) is 35.7 Å². The van der Waals surface area contributed by atoms with Crippen LogP contribution in [0.15, 0.2) is 18.2 Å². The fourth-order valence-corrected chi connectivity index (χ4v) is 3.13. The third-order valence-electron chi connectivity index (χ3n) is 4.32. The largest absolute Gasteiger partial charge is 0.444 e. The van der Waals surface area contributed by atoms with Gasteiger partial charge in [-0.05, 0) is 70.1 Å². The quantitative estimate of drug-likeness (QED) is 0.909. The molecule has 1 aromatic rings. The van der Waals surface area contributed by atoms with Crippen LogP contribution >= 0.6 is 0 Å². The van der Waals surface area contributed by atoms with Gasteiger partial charge < -0.3 is 15.4 Å². The second-order valence-corrected chi connectivity index (χ2v) is 7.87. The zero-order valence-corrected chi connectivity index (χ0v) is 15.1. The van der Waals surface area contributed by atoms with Crippen LogP contribution in [-0.2, 0) is 11.2 Å². The summed E-state index contributed by atoms with van der Waals surface area (Å²) in [5.74, 6) is 0.383. The van der Waals surface area contributed by atoms with E-state index in [0.717, 1.165) is 19.4 Å². The standard InChI is InChI=1S/C19H30N2O2/c1-13-6-7-15(8-14(13)2)9-16-10-17(20)12-21(11-16)18(22)23-19(3,4)5/h6-8,16-17H,9-12,20H2,1-5H3. The number of piperidine rings is 1. The third kappa shape index (κ3) is 5.24. The van der Waals surface area contributed by atoms with Gasteiger partial charge >= 0.3 is 6.09 Å². The Hall–Kier alpha value is -1.55. The summed E-state index contributed by atoms with van der Waals surface area (Å²) in [7, 11) is 0. The fourth-order valence-electron chi connectivity index (χ4n) is 3.13. The van der Waals surface area contributed by atoms with Crippen LogP contribution < -0.4 is 5.73 Å². The van der Waals surface area contributed by atoms with E-state index in [4.69, 9.17) is 10.5 Å². The van der Waals surface area contributed by atoms with E-state index in [2.05, 4.69) is 32.0 Å². The lowest BCUT2D eigenvalue weighted by atomic mass is 9.88. The summed E-state index contributed by atoms with van der Waals surface area (Å²) in [6.07, 6.45) is 1.65. The Labute approximate surface area is 140 Å². The van der Waals surface area contributed by atoms with Crippen LogP contribution in [0.1, 0.15) is 43.9 Å². The first-order valence-corrected chi connectivity index (χ1v) is 8.43. The number of hydrogen-bond donors (Lipinski definition) is 1. The highest BCUT2D eigenvalue weighted by Gasteiger charge is 2.31. The number of amides is 1. The second kappa shape index (κ2) is 6.91. The molecule has 1 fully saturated rings. The highest BCUT2D eigenvalue weighted by atomic mass is 16.6. The summed E-state index contributed by atoms with van der Waals surface area (Å²) in [5.41, 5.74) is 9.64. The molecular formula is C19H30N2O2. The van der Waals surface area contributed by atoms with Crippen molar-refractivity contribution in [2.24, 2.45) is 11.7 Å². The molecule has 0 saturated carbocycles. The van der Waals surface area contributed by atoms with Gasteiger partial charge in [0.1, 0.15) is 5.60 Å². The smallest absolute Gasteiger partial charge is 0.410 e. The van der Waals surface area contributed by atoms with Crippen molar-refractivity contribution >= 4 is 6.09 Å². The molecular weight excluding hydrogens is 288 g/mol. The molecule has 1 aliphatic heterocycles. The van der Waals surface area contributed by atoms with E-state index >= 15 is 0 Å². The van der Waals surface area contributed by atoms with Crippen molar-refractivity contribution in [1.82, 2.24) is 4.90 Å². The summed E-state index contributed by atoms with van der Waals surface area (Å²) < 4.78 is 5.49. The van der Waals surface area contributed by atoms with Gasteiger partial charge in [0.05, 0.1) is 0 Å². The molecule has 4 nitrogen and oxygen atoms in total. The second-order valence-electron chi connectivity index (χ2n) is 7.87. The Bertz CT molecular complexity index is 563. The van der Waals surface area contributed by atoms with E-state index in [0.29, 0.717) is 12.5 Å². The summed E-state index contributed by atoms with van der Waals surface area (Å²) in [6.45, 7) is 11.2. The lowest BCUT2D eigenvalue weighted by molar-refractivity contribution is 0.0145. The Morgan fingerprint density at radius 1 is 1.26 bits per heavy atom. The average Bonchev–Trinajstić information content (AvgIpc) is 2.40. The van der Waals surface area contributed by atoms with Gasteiger partial charge in [0, 0.05) is 19.1 Å². The molecule has 2 unspecified atom stereocenters. The predicted octanol–water partition coefficient (Wildman–Crippen LogP) is 3.43. The minimum Gasteiger partial charge on any atom is -0.444 e. The van der Waals surface area contributed by atoms with Gasteiger partial charge in [-0.1, -0.05) is 18.2 Å². The first-order valence-electron chi connectivity index (χ1n) is 8.43. The number of likely N-dealkylation sites (tertiary alicyclic amines) is 1. The number of nitrogens with zero attached hydrogens (tertiary/aromatic N) is 1. The van der Waals surface area contributed by atoms with Gasteiger partial charge in [-0.3, -0.25) is 0 Å². The Kier molecular flexibility index (Phi) is 5.35. The molecule has 2 N–H and O–H groups in total. The highest BCUT2D eigenvalue weighted by Crippen LogP contribution is 2.23. The minimum atomic E-state index is -0.470. The van der Waals surface area contributed by atoms with E-state index in [1.807, 2.05) is 20.8 Å². The van der Waals surface area contributed by atoms with Crippen molar-refractivity contribution in [1.29, 1.82) is 0 Å². The molecule has 0 aromatic heterocycles. The lowest BCUT2D eigenvalue weighted by Gasteiger charge is -2.37. The van der Waals surface area contributed by atoms with Gasteiger partial charge in [-0.15, -0.1) is 0 Å². The van der Waals surface area contributed by atoms with Gasteiger partial charge in [0.15, 0.2) is 0 Å². The first-order chi connectivity index (χ1) is 10.6. The minimum absolute atomic E-state index is 0.0211. The third-order valence-corrected chi connectivity index (χ3v) is 4.32. The van der Waals surface area contributed by atoms with Crippen molar-refractivity contribution in [3.63, 3.8) is 0 Å². The number of aryl methyl sites for hydroxylation is 2. The van der Waals surface area contributed by atoms with Crippen LogP contribution in [0.25, 0.3) is 0 Å². The lowest BCUT2D eigenvalue weighted by Crippen LogP contribution is -2.51. The molecule has 4 heteroatoms. The molecule has 2 rings (SSSR count). The Balaban J connectivity index is 2.02. The van der Waals surface area contributed by atoms with E-state index in [-0.39, 0.29) is 12.1 Å². The zero-order chi connectivity index (χ0) is 17.2. The monoisotopic (exact) mass is 318 g/mol. The molecule has 128 valence electrons. The molecule has 23 heavy (non-hydrogen) atoms. The van der Waals surface area contributed by atoms with Gasteiger partial charge in [0.25, 0.3) is 0 Å². The van der Waals surface area contributed by atoms with E-state index in [1.54, 1.807) is 4.90 Å². The summed E-state index contributed by atoms with van der Waals surface area (Å²) in [4.78, 5) is 14.1. The van der Waals surface area contributed by atoms with Crippen molar-refractivity contribution < 1.29 is 9.53 Å². The summed E-state index contributed by atoms with van der Waals surface area (Å²) in [5, 5.41) is 0. The molecule has 1 saturated heterocycles. The first kappa shape index (κ1) is 17.8. The average molecular weight is 318 g/mol. The number of carbonyl (C=O) groups excluding carboxylic acids is 1. The SMILES string of the molecule is Cc1ccc(CC2CC(N)CN(C(=O)OC(C)(C)C)C2)cc1C. The maximum absolute atomic E-state index is 12.3. The van der Waals surface area contributed by atoms with Crippen molar-refractivity contribution in [2.75, 3.05) is 13.1 Å². The van der Waals surface area contributed by atoms with Crippen molar-refractivity contribution in [3.8, 4) is 0 Å². The Morgan fingerprint density at radius 3 is 2.57 bits per heavy atom. The van der Waals surface area contributed by atoms with E-state index < -0.39 is 5.60 Å².